The lowest BCUT2D eigenvalue weighted by Crippen LogP contribution is -2.34. The first-order valence-electron chi connectivity index (χ1n) is 6.37. The van der Waals surface area contributed by atoms with E-state index in [-0.39, 0.29) is 11.4 Å². The summed E-state index contributed by atoms with van der Waals surface area (Å²) < 4.78 is 0. The molecule has 20 heavy (non-hydrogen) atoms. The first kappa shape index (κ1) is 12.6. The minimum absolute atomic E-state index is 0.0379. The van der Waals surface area contributed by atoms with E-state index >= 15 is 0 Å². The monoisotopic (exact) mass is 270 g/mol. The van der Waals surface area contributed by atoms with Gasteiger partial charge in [-0.25, -0.2) is 4.98 Å². The Balaban J connectivity index is 1.85. The molecule has 3 rings (SSSR count). The number of aromatic hydroxyl groups is 1. The maximum atomic E-state index is 12.1. The van der Waals surface area contributed by atoms with Gasteiger partial charge in [0, 0.05) is 12.6 Å². The van der Waals surface area contributed by atoms with Crippen molar-refractivity contribution < 1.29 is 15.0 Å². The molecule has 3 N–H and O–H groups in total. The fourth-order valence-corrected chi connectivity index (χ4v) is 2.53. The van der Waals surface area contributed by atoms with Gasteiger partial charge in [-0.1, -0.05) is 24.3 Å². The van der Waals surface area contributed by atoms with Crippen molar-refractivity contribution in [3.8, 4) is 5.75 Å². The molecule has 0 fully saturated rings. The third-order valence-electron chi connectivity index (χ3n) is 3.49. The van der Waals surface area contributed by atoms with Gasteiger partial charge in [-0.3, -0.25) is 4.79 Å². The summed E-state index contributed by atoms with van der Waals surface area (Å²) >= 11 is 0. The Hall–Kier alpha value is -2.40. The lowest BCUT2D eigenvalue weighted by Gasteiger charge is -2.17. The van der Waals surface area contributed by atoms with E-state index < -0.39 is 18.1 Å². The molecule has 1 aliphatic carbocycles. The maximum absolute atomic E-state index is 12.1. The zero-order valence-corrected chi connectivity index (χ0v) is 10.7. The second kappa shape index (κ2) is 4.94. The van der Waals surface area contributed by atoms with Crippen LogP contribution in [-0.2, 0) is 6.42 Å². The number of aliphatic hydroxyl groups excluding tert-OH is 1. The number of amides is 1. The van der Waals surface area contributed by atoms with Crippen molar-refractivity contribution in [1.29, 1.82) is 0 Å². The summed E-state index contributed by atoms with van der Waals surface area (Å²) in [5, 5.41) is 22.4. The van der Waals surface area contributed by atoms with Crippen molar-refractivity contribution in [2.75, 3.05) is 0 Å². The van der Waals surface area contributed by atoms with E-state index in [1.54, 1.807) is 6.07 Å². The van der Waals surface area contributed by atoms with Crippen LogP contribution in [0.4, 0.5) is 0 Å². The highest BCUT2D eigenvalue weighted by molar-refractivity contribution is 5.95. The van der Waals surface area contributed by atoms with Crippen LogP contribution in [0.5, 0.6) is 5.75 Å². The molecule has 2 aromatic rings. The molecule has 1 heterocycles. The van der Waals surface area contributed by atoms with Crippen LogP contribution in [0, 0.1) is 0 Å². The average Bonchev–Trinajstić information content (AvgIpc) is 2.76. The minimum atomic E-state index is -0.665. The van der Waals surface area contributed by atoms with Gasteiger partial charge in [-0.2, -0.15) is 0 Å². The Kier molecular flexibility index (Phi) is 3.12. The smallest absolute Gasteiger partial charge is 0.274 e. The van der Waals surface area contributed by atoms with Crippen LogP contribution < -0.4 is 5.32 Å². The molecule has 0 saturated carbocycles. The largest absolute Gasteiger partial charge is 0.505 e. The predicted molar refractivity (Wildman–Crippen MR) is 72.3 cm³/mol. The highest BCUT2D eigenvalue weighted by Crippen LogP contribution is 2.31. The van der Waals surface area contributed by atoms with Crippen LogP contribution in [0.25, 0.3) is 0 Å². The van der Waals surface area contributed by atoms with E-state index in [9.17, 15) is 15.0 Å². The van der Waals surface area contributed by atoms with Crippen LogP contribution in [0.15, 0.2) is 42.6 Å². The predicted octanol–water partition coefficient (Wildman–Crippen LogP) is 1.18. The van der Waals surface area contributed by atoms with E-state index in [0.717, 1.165) is 11.1 Å². The molecule has 1 aliphatic rings. The molecule has 1 aromatic heterocycles. The second-order valence-corrected chi connectivity index (χ2v) is 4.79. The zero-order valence-electron chi connectivity index (χ0n) is 10.7. The number of nitrogens with one attached hydrogen (secondary N) is 1. The van der Waals surface area contributed by atoms with Crippen LogP contribution in [-0.4, -0.2) is 27.2 Å². The van der Waals surface area contributed by atoms with E-state index in [4.69, 9.17) is 0 Å². The van der Waals surface area contributed by atoms with Crippen molar-refractivity contribution in [3.63, 3.8) is 0 Å². The normalized spacial score (nSPS) is 20.4. The summed E-state index contributed by atoms with van der Waals surface area (Å²) in [5.41, 5.74) is 1.89. The fraction of sp³-hybridized carbons (Fsp3) is 0.200. The van der Waals surface area contributed by atoms with Crippen molar-refractivity contribution in [2.24, 2.45) is 0 Å². The lowest BCUT2D eigenvalue weighted by molar-refractivity contribution is 0.0850. The van der Waals surface area contributed by atoms with Gasteiger partial charge < -0.3 is 15.5 Å². The number of hydrogen-bond acceptors (Lipinski definition) is 4. The number of hydrogen-bond donors (Lipinski definition) is 3. The Labute approximate surface area is 115 Å². The molecule has 0 saturated heterocycles. The molecule has 102 valence electrons. The molecule has 1 aromatic carbocycles. The van der Waals surface area contributed by atoms with Crippen LogP contribution in [0.1, 0.15) is 27.7 Å². The Morgan fingerprint density at radius 3 is 2.85 bits per heavy atom. The van der Waals surface area contributed by atoms with Crippen molar-refractivity contribution in [2.45, 2.75) is 18.6 Å². The number of fused-ring (bicyclic) bond motifs is 1. The average molecular weight is 270 g/mol. The topological polar surface area (TPSA) is 82.5 Å². The molecule has 1 amide bonds. The zero-order chi connectivity index (χ0) is 14.1. The van der Waals surface area contributed by atoms with Crippen molar-refractivity contribution >= 4 is 5.91 Å². The summed E-state index contributed by atoms with van der Waals surface area (Å²) in [7, 11) is 0. The third kappa shape index (κ3) is 2.12. The standard InChI is InChI=1S/C15H14N2O3/c18-11-6-3-7-16-14(11)15(20)17-13-10-5-2-1-4-9(10)8-12(13)19/h1-7,12-13,18-19H,8H2,(H,17,20). The number of aromatic nitrogens is 1. The number of carbonyl (C=O) groups is 1. The number of aliphatic hydroxyl groups is 1. The van der Waals surface area contributed by atoms with Gasteiger partial charge >= 0.3 is 0 Å². The Morgan fingerprint density at radius 2 is 2.05 bits per heavy atom. The van der Waals surface area contributed by atoms with E-state index in [1.165, 1.54) is 12.3 Å². The van der Waals surface area contributed by atoms with Gasteiger partial charge in [-0.15, -0.1) is 0 Å². The van der Waals surface area contributed by atoms with Gasteiger partial charge in [0.1, 0.15) is 5.75 Å². The summed E-state index contributed by atoms with van der Waals surface area (Å²) in [6.07, 6.45) is 1.28. The minimum Gasteiger partial charge on any atom is -0.505 e. The summed E-state index contributed by atoms with van der Waals surface area (Å²) in [6, 6.07) is 10.1. The second-order valence-electron chi connectivity index (χ2n) is 4.79. The molecule has 5 nitrogen and oxygen atoms in total. The Bertz CT molecular complexity index is 657. The van der Waals surface area contributed by atoms with Crippen LogP contribution in [0.2, 0.25) is 0 Å². The first-order valence-corrected chi connectivity index (χ1v) is 6.37. The summed E-state index contributed by atoms with van der Waals surface area (Å²) in [5.74, 6) is -0.672. The highest BCUT2D eigenvalue weighted by Gasteiger charge is 2.32. The molecule has 2 atom stereocenters. The van der Waals surface area contributed by atoms with Crippen LogP contribution >= 0.6 is 0 Å². The number of nitrogens with zero attached hydrogens (tertiary/aromatic N) is 1. The van der Waals surface area contributed by atoms with Crippen molar-refractivity contribution in [1.82, 2.24) is 10.3 Å². The van der Waals surface area contributed by atoms with Gasteiger partial charge in [0.15, 0.2) is 5.69 Å². The Morgan fingerprint density at radius 1 is 1.25 bits per heavy atom. The summed E-state index contributed by atoms with van der Waals surface area (Å²) in [4.78, 5) is 16.0. The molecule has 0 aliphatic heterocycles. The highest BCUT2D eigenvalue weighted by atomic mass is 16.3. The van der Waals surface area contributed by atoms with E-state index in [0.29, 0.717) is 6.42 Å². The lowest BCUT2D eigenvalue weighted by atomic mass is 10.1. The molecule has 2 unspecified atom stereocenters. The van der Waals surface area contributed by atoms with Crippen LogP contribution in [0.3, 0.4) is 0 Å². The summed E-state index contributed by atoms with van der Waals surface area (Å²) in [6.45, 7) is 0. The molecule has 0 radical (unpaired) electrons. The van der Waals surface area contributed by atoms with Crippen molar-refractivity contribution in [3.05, 3.63) is 59.4 Å². The number of carbonyl (C=O) groups excluding carboxylic acids is 1. The third-order valence-corrected chi connectivity index (χ3v) is 3.49. The number of rotatable bonds is 2. The maximum Gasteiger partial charge on any atom is 0.274 e. The molecule has 0 spiro atoms. The van der Waals surface area contributed by atoms with E-state index in [2.05, 4.69) is 10.3 Å². The van der Waals surface area contributed by atoms with Gasteiger partial charge in [0.25, 0.3) is 5.91 Å². The quantitative estimate of drug-likeness (QED) is 0.765. The number of benzene rings is 1. The number of pyridine rings is 1. The van der Waals surface area contributed by atoms with Gasteiger partial charge in [-0.05, 0) is 23.3 Å². The van der Waals surface area contributed by atoms with Gasteiger partial charge in [0.05, 0.1) is 12.1 Å². The molecule has 0 bridgehead atoms. The van der Waals surface area contributed by atoms with E-state index in [1.807, 2.05) is 24.3 Å². The molecular weight excluding hydrogens is 256 g/mol. The molecule has 5 heteroatoms. The fourth-order valence-electron chi connectivity index (χ4n) is 2.53. The SMILES string of the molecule is O=C(NC1c2ccccc2CC1O)c1ncccc1O. The molecular formula is C15H14N2O3. The van der Waals surface area contributed by atoms with Gasteiger partial charge in [0.2, 0.25) is 0 Å². The first-order chi connectivity index (χ1) is 9.66.